The Morgan fingerprint density at radius 1 is 0.615 bits per heavy atom. The summed E-state index contributed by atoms with van der Waals surface area (Å²) in [5, 5.41) is 13.7. The molecule has 2 amide bonds. The average Bonchev–Trinajstić information content (AvgIpc) is 3.13. The van der Waals surface area contributed by atoms with Gasteiger partial charge in [-0.1, -0.05) is 174 Å². The molecule has 0 radical (unpaired) electrons. The third-order valence-electron chi connectivity index (χ3n) is 10.1. The molecule has 0 aliphatic rings. The van der Waals surface area contributed by atoms with Crippen molar-refractivity contribution in [3.63, 3.8) is 0 Å². The van der Waals surface area contributed by atoms with Crippen LogP contribution in [0.2, 0.25) is 0 Å². The number of nitrogens with one attached hydrogen (secondary N) is 3. The van der Waals surface area contributed by atoms with E-state index in [1.165, 1.54) is 154 Å². The van der Waals surface area contributed by atoms with Gasteiger partial charge >= 0.3 is 0 Å². The van der Waals surface area contributed by atoms with Crippen LogP contribution in [0.25, 0.3) is 0 Å². The van der Waals surface area contributed by atoms with Gasteiger partial charge in [0.05, 0.1) is 11.5 Å². The molecular weight excluding hydrogens is 645 g/mol. The van der Waals surface area contributed by atoms with Gasteiger partial charge in [0.1, 0.15) is 6.04 Å². The van der Waals surface area contributed by atoms with Gasteiger partial charge in [-0.05, 0) is 51.4 Å². The molecule has 8 heteroatoms. The molecule has 1 atom stereocenters. The van der Waals surface area contributed by atoms with Crippen molar-refractivity contribution in [2.24, 2.45) is 11.5 Å². The van der Waals surface area contributed by atoms with Crippen molar-refractivity contribution in [1.29, 1.82) is 5.41 Å². The number of allylic oxidation sites excluding steroid dienone is 2. The fraction of sp³-hybridized carbons (Fsp3) is 0.841. The maximum Gasteiger partial charge on any atom is 0.264 e. The average molecular weight is 731 g/mol. The number of nitrogens with two attached hydrogens (primary N) is 2. The molecule has 0 aliphatic heterocycles. The Morgan fingerprint density at radius 3 is 1.40 bits per heavy atom. The van der Waals surface area contributed by atoms with Gasteiger partial charge in [0, 0.05) is 26.2 Å². The Bertz CT molecular complexity index is 892. The van der Waals surface area contributed by atoms with Gasteiger partial charge in [0.25, 0.3) is 5.91 Å². The molecule has 0 aromatic carbocycles. The van der Waals surface area contributed by atoms with Crippen LogP contribution in [0, 0.1) is 5.41 Å². The van der Waals surface area contributed by atoms with Crippen LogP contribution in [0.5, 0.6) is 0 Å². The Morgan fingerprint density at radius 2 is 1.00 bits per heavy atom. The first-order valence-corrected chi connectivity index (χ1v) is 22.1. The van der Waals surface area contributed by atoms with E-state index >= 15 is 0 Å². The Hall–Kier alpha value is -2.35. The highest BCUT2D eigenvalue weighted by atomic mass is 16.2. The van der Waals surface area contributed by atoms with E-state index in [2.05, 4.69) is 43.2 Å². The minimum absolute atomic E-state index is 0.0208. The van der Waals surface area contributed by atoms with Crippen molar-refractivity contribution in [2.45, 2.75) is 213 Å². The molecule has 0 aromatic heterocycles. The second kappa shape index (κ2) is 38.4. The van der Waals surface area contributed by atoms with Crippen LogP contribution in [0.3, 0.4) is 0 Å². The zero-order valence-corrected chi connectivity index (χ0v) is 34.4. The van der Waals surface area contributed by atoms with E-state index in [1.807, 2.05) is 4.90 Å². The molecule has 0 spiro atoms. The minimum atomic E-state index is -0.806. The first-order valence-electron chi connectivity index (χ1n) is 22.1. The summed E-state index contributed by atoms with van der Waals surface area (Å²) >= 11 is 0. The third-order valence-corrected chi connectivity index (χ3v) is 10.1. The largest absolute Gasteiger partial charge is 0.386 e. The highest BCUT2D eigenvalue weighted by Gasteiger charge is 2.22. The van der Waals surface area contributed by atoms with Crippen LogP contribution in [-0.4, -0.2) is 54.6 Å². The molecule has 52 heavy (non-hydrogen) atoms. The van der Waals surface area contributed by atoms with E-state index in [4.69, 9.17) is 16.9 Å². The van der Waals surface area contributed by atoms with Gasteiger partial charge < -0.3 is 27.0 Å². The van der Waals surface area contributed by atoms with E-state index in [-0.39, 0.29) is 18.2 Å². The Kier molecular flexibility index (Phi) is 36.6. The number of hydrogen-bond donors (Lipinski definition) is 5. The first kappa shape index (κ1) is 49.6. The predicted octanol–water partition coefficient (Wildman–Crippen LogP) is 10.6. The Balaban J connectivity index is 4.43. The quantitative estimate of drug-likeness (QED) is 0.0243. The SMILES string of the molecule is C=C(N)NCCCC(=N)C(=O)NCC(N)C(=O)N(CCCCCCCC/C=C\CCCCCCCC)CCCCCCCCCCCCCCCC. The van der Waals surface area contributed by atoms with Crippen LogP contribution < -0.4 is 22.1 Å². The van der Waals surface area contributed by atoms with Crippen molar-refractivity contribution in [1.82, 2.24) is 15.5 Å². The topological polar surface area (TPSA) is 137 Å². The monoisotopic (exact) mass is 731 g/mol. The number of unbranched alkanes of at least 4 members (excludes halogenated alkanes) is 25. The fourth-order valence-electron chi connectivity index (χ4n) is 6.64. The minimum Gasteiger partial charge on any atom is -0.386 e. The van der Waals surface area contributed by atoms with Crippen LogP contribution in [-0.2, 0) is 9.59 Å². The lowest BCUT2D eigenvalue weighted by Gasteiger charge is -2.26. The van der Waals surface area contributed by atoms with Gasteiger partial charge in [-0.15, -0.1) is 0 Å². The lowest BCUT2D eigenvalue weighted by atomic mass is 10.0. The lowest BCUT2D eigenvalue weighted by molar-refractivity contribution is -0.132. The zero-order chi connectivity index (χ0) is 38.3. The molecule has 0 rings (SSSR count). The van der Waals surface area contributed by atoms with Crippen molar-refractivity contribution >= 4 is 17.5 Å². The molecule has 0 saturated heterocycles. The van der Waals surface area contributed by atoms with E-state index in [9.17, 15) is 9.59 Å². The molecule has 1 unspecified atom stereocenters. The van der Waals surface area contributed by atoms with Crippen LogP contribution >= 0.6 is 0 Å². The number of nitrogens with zero attached hydrogens (tertiary/aromatic N) is 1. The number of rotatable bonds is 40. The Labute approximate surface area is 322 Å². The summed E-state index contributed by atoms with van der Waals surface area (Å²) in [7, 11) is 0. The summed E-state index contributed by atoms with van der Waals surface area (Å²) in [6.45, 7) is 10.2. The maximum atomic E-state index is 13.4. The van der Waals surface area contributed by atoms with Gasteiger partial charge in [-0.25, -0.2) is 0 Å². The van der Waals surface area contributed by atoms with Crippen LogP contribution in [0.1, 0.15) is 206 Å². The molecule has 8 nitrogen and oxygen atoms in total. The van der Waals surface area contributed by atoms with E-state index in [1.54, 1.807) is 0 Å². The summed E-state index contributed by atoms with van der Waals surface area (Å²) in [6.07, 6.45) is 41.6. The first-order chi connectivity index (χ1) is 25.3. The maximum absolute atomic E-state index is 13.4. The number of amides is 2. The zero-order valence-electron chi connectivity index (χ0n) is 34.4. The van der Waals surface area contributed by atoms with Crippen LogP contribution in [0.4, 0.5) is 0 Å². The van der Waals surface area contributed by atoms with Crippen molar-refractivity contribution in [3.8, 4) is 0 Å². The summed E-state index contributed by atoms with van der Waals surface area (Å²) in [4.78, 5) is 27.8. The number of carbonyl (C=O) groups excluding carboxylic acids is 2. The van der Waals surface area contributed by atoms with Crippen LogP contribution in [0.15, 0.2) is 24.6 Å². The fourth-order valence-corrected chi connectivity index (χ4v) is 6.64. The normalized spacial score (nSPS) is 11.9. The van der Waals surface area contributed by atoms with Crippen molar-refractivity contribution in [3.05, 3.63) is 24.6 Å². The van der Waals surface area contributed by atoms with Gasteiger partial charge in [-0.3, -0.25) is 15.0 Å². The summed E-state index contributed by atoms with van der Waals surface area (Å²) in [5.41, 5.74) is 11.8. The highest BCUT2D eigenvalue weighted by molar-refractivity contribution is 6.37. The molecule has 304 valence electrons. The molecule has 0 heterocycles. The molecule has 0 bridgehead atoms. The van der Waals surface area contributed by atoms with E-state index in [0.717, 1.165) is 38.8 Å². The summed E-state index contributed by atoms with van der Waals surface area (Å²) < 4.78 is 0. The van der Waals surface area contributed by atoms with Gasteiger partial charge in [0.15, 0.2) is 0 Å². The molecule has 0 fully saturated rings. The van der Waals surface area contributed by atoms with Gasteiger partial charge in [-0.2, -0.15) is 0 Å². The highest BCUT2D eigenvalue weighted by Crippen LogP contribution is 2.14. The molecule has 0 aliphatic carbocycles. The number of hydrogen-bond acceptors (Lipinski definition) is 6. The summed E-state index contributed by atoms with van der Waals surface area (Å²) in [5.74, 6) is -0.196. The smallest absolute Gasteiger partial charge is 0.264 e. The van der Waals surface area contributed by atoms with E-state index in [0.29, 0.717) is 25.2 Å². The molecular formula is C44H86N6O2. The number of carbonyl (C=O) groups is 2. The van der Waals surface area contributed by atoms with Crippen molar-refractivity contribution in [2.75, 3.05) is 26.2 Å². The molecule has 0 saturated carbocycles. The standard InChI is InChI=1S/C44H86N6O2/c1-4-6-8-10-12-14-16-18-20-21-23-25-27-29-31-33-38-50(37-32-30-28-26-24-22-19-17-15-13-11-9-7-5-2)44(52)42(47)39-49-43(51)41(46)35-34-36-48-40(3)45/h18,20,42,46,48H,3-17,19,21-39,45,47H2,1-2H3,(H,49,51)/b20-18-,46-41?. The molecule has 7 N–H and O–H groups in total. The van der Waals surface area contributed by atoms with Crippen molar-refractivity contribution < 1.29 is 9.59 Å². The second-order valence-corrected chi connectivity index (χ2v) is 15.2. The second-order valence-electron chi connectivity index (χ2n) is 15.2. The summed E-state index contributed by atoms with van der Waals surface area (Å²) in [6, 6.07) is -0.806. The molecule has 0 aromatic rings. The predicted molar refractivity (Wildman–Crippen MR) is 226 cm³/mol. The third kappa shape index (κ3) is 33.5. The lowest BCUT2D eigenvalue weighted by Crippen LogP contribution is -2.51. The van der Waals surface area contributed by atoms with E-state index < -0.39 is 11.9 Å². The van der Waals surface area contributed by atoms with Gasteiger partial charge in [0.2, 0.25) is 5.91 Å².